The van der Waals surface area contributed by atoms with Crippen LogP contribution in [0.15, 0.2) is 54.6 Å². The molecule has 1 aliphatic carbocycles. The number of rotatable bonds is 12. The molecule has 0 amide bonds. The quantitative estimate of drug-likeness (QED) is 0.200. The van der Waals surface area contributed by atoms with Crippen LogP contribution >= 0.6 is 0 Å². The highest BCUT2D eigenvalue weighted by Crippen LogP contribution is 2.50. The average molecular weight is 581 g/mol. The van der Waals surface area contributed by atoms with Gasteiger partial charge in [-0.3, -0.25) is 9.69 Å². The molecule has 7 heteroatoms. The third-order valence-corrected chi connectivity index (χ3v) is 9.12. The van der Waals surface area contributed by atoms with Gasteiger partial charge in [0.05, 0.1) is 5.41 Å². The van der Waals surface area contributed by atoms with Crippen LogP contribution < -0.4 is 9.64 Å². The number of Topliss-reactive ketones (excluding diaryl/α,β-unsaturated/α-hetero) is 1. The van der Waals surface area contributed by atoms with Crippen LogP contribution in [0.2, 0.25) is 0 Å². The molecule has 226 valence electrons. The summed E-state index contributed by atoms with van der Waals surface area (Å²) in [5.74, 6) is 0.125. The lowest BCUT2D eigenvalue weighted by atomic mass is 9.72. The Bertz CT molecular complexity index is 1360. The van der Waals surface area contributed by atoms with Crippen molar-refractivity contribution in [1.29, 1.82) is 0 Å². The lowest BCUT2D eigenvalue weighted by molar-refractivity contribution is -0.274. The van der Waals surface area contributed by atoms with Crippen molar-refractivity contribution in [3.63, 3.8) is 0 Å². The molecule has 4 nitrogen and oxygen atoms in total. The molecule has 5 rings (SSSR count). The van der Waals surface area contributed by atoms with E-state index in [1.54, 1.807) is 12.1 Å². The smallest absolute Gasteiger partial charge is 0.406 e. The number of hydrogen-bond acceptors (Lipinski definition) is 4. The number of ether oxygens (including phenoxy) is 1. The van der Waals surface area contributed by atoms with Gasteiger partial charge in [-0.1, -0.05) is 88.8 Å². The Morgan fingerprint density at radius 3 is 2.21 bits per heavy atom. The normalized spacial score (nSPS) is 17.2. The van der Waals surface area contributed by atoms with Gasteiger partial charge >= 0.3 is 6.36 Å². The van der Waals surface area contributed by atoms with Gasteiger partial charge in [-0.2, -0.15) is 0 Å². The van der Waals surface area contributed by atoms with Crippen LogP contribution in [0.3, 0.4) is 0 Å². The van der Waals surface area contributed by atoms with E-state index in [-0.39, 0.29) is 5.75 Å². The minimum Gasteiger partial charge on any atom is -0.406 e. The summed E-state index contributed by atoms with van der Waals surface area (Å²) in [7, 11) is 0. The minimum absolute atomic E-state index is 0.196. The number of anilines is 1. The molecule has 1 fully saturated rings. The van der Waals surface area contributed by atoms with E-state index in [1.165, 1.54) is 28.8 Å². The molecule has 0 saturated carbocycles. The molecular weight excluding hydrogens is 537 g/mol. The Kier molecular flexibility index (Phi) is 9.46. The number of halogens is 3. The van der Waals surface area contributed by atoms with Crippen molar-refractivity contribution >= 4 is 22.2 Å². The van der Waals surface area contributed by atoms with E-state index < -0.39 is 11.8 Å². The van der Waals surface area contributed by atoms with Gasteiger partial charge < -0.3 is 9.64 Å². The molecule has 1 saturated heterocycles. The fraction of sp³-hybridized carbons (Fsp3) is 0.514. The van der Waals surface area contributed by atoms with Crippen LogP contribution in [0.4, 0.5) is 18.9 Å². The van der Waals surface area contributed by atoms with E-state index >= 15 is 0 Å². The molecular formula is C35H43F3N2O2. The van der Waals surface area contributed by atoms with E-state index in [4.69, 9.17) is 0 Å². The first-order valence-electron chi connectivity index (χ1n) is 15.7. The fourth-order valence-electron chi connectivity index (χ4n) is 7.03. The van der Waals surface area contributed by atoms with Crippen molar-refractivity contribution in [2.45, 2.75) is 90.0 Å². The van der Waals surface area contributed by atoms with Gasteiger partial charge in [0.25, 0.3) is 0 Å². The second-order valence-corrected chi connectivity index (χ2v) is 12.0. The Hall–Kier alpha value is -3.06. The Morgan fingerprint density at radius 2 is 1.55 bits per heavy atom. The number of nitrogens with zero attached hydrogens (tertiary/aromatic N) is 2. The lowest BCUT2D eigenvalue weighted by Crippen LogP contribution is -2.32. The van der Waals surface area contributed by atoms with E-state index in [0.29, 0.717) is 12.3 Å². The van der Waals surface area contributed by atoms with Crippen molar-refractivity contribution < 1.29 is 22.7 Å². The first-order chi connectivity index (χ1) is 20.3. The van der Waals surface area contributed by atoms with Crippen LogP contribution in [0.5, 0.6) is 5.75 Å². The summed E-state index contributed by atoms with van der Waals surface area (Å²) in [5.41, 5.74) is 3.89. The topological polar surface area (TPSA) is 32.8 Å². The van der Waals surface area contributed by atoms with Crippen LogP contribution in [0, 0.1) is 0 Å². The molecule has 2 aliphatic rings. The molecule has 1 aliphatic heterocycles. The van der Waals surface area contributed by atoms with Gasteiger partial charge in [0.1, 0.15) is 5.75 Å². The summed E-state index contributed by atoms with van der Waals surface area (Å²) in [5, 5.41) is 2.34. The summed E-state index contributed by atoms with van der Waals surface area (Å²) in [6, 6.07) is 17.0. The van der Waals surface area contributed by atoms with E-state index in [9.17, 15) is 18.0 Å². The van der Waals surface area contributed by atoms with E-state index in [1.807, 2.05) is 12.1 Å². The predicted molar refractivity (Wildman–Crippen MR) is 163 cm³/mol. The number of carbonyl (C=O) groups excluding carboxylic acids is 1. The zero-order valence-corrected chi connectivity index (χ0v) is 24.9. The SMILES string of the molecule is CCCCCC1(CCCCC)C(=O)c2cccc3c(N4CCCN(Cc5ccc(OC(F)(F)F)cc5)CC4)ccc1c23. The Morgan fingerprint density at radius 1 is 0.833 bits per heavy atom. The number of ketones is 1. The molecule has 3 aromatic carbocycles. The van der Waals surface area contributed by atoms with Gasteiger partial charge in [-0.05, 0) is 54.0 Å². The van der Waals surface area contributed by atoms with Gasteiger partial charge in [0.2, 0.25) is 0 Å². The molecule has 1 heterocycles. The van der Waals surface area contributed by atoms with Crippen molar-refractivity contribution in [3.8, 4) is 5.75 Å². The molecule has 0 bridgehead atoms. The Balaban J connectivity index is 1.35. The number of alkyl halides is 3. The fourth-order valence-corrected chi connectivity index (χ4v) is 7.03. The van der Waals surface area contributed by atoms with Crippen molar-refractivity contribution in [3.05, 3.63) is 71.3 Å². The number of benzene rings is 3. The number of hydrogen-bond donors (Lipinski definition) is 0. The molecule has 0 atom stereocenters. The second-order valence-electron chi connectivity index (χ2n) is 12.0. The zero-order chi connectivity index (χ0) is 29.7. The van der Waals surface area contributed by atoms with Crippen molar-refractivity contribution in [2.24, 2.45) is 0 Å². The van der Waals surface area contributed by atoms with Gasteiger partial charge in [-0.25, -0.2) is 0 Å². The number of unbranched alkanes of at least 4 members (excludes halogenated alkanes) is 4. The molecule has 0 unspecified atom stereocenters. The molecule has 0 N–H and O–H groups in total. The minimum atomic E-state index is -4.68. The second kappa shape index (κ2) is 13.1. The van der Waals surface area contributed by atoms with Gasteiger partial charge in [0, 0.05) is 49.4 Å². The van der Waals surface area contributed by atoms with Crippen LogP contribution in [-0.4, -0.2) is 43.2 Å². The maximum absolute atomic E-state index is 14.2. The average Bonchev–Trinajstić information content (AvgIpc) is 3.09. The Labute approximate surface area is 247 Å². The molecule has 0 spiro atoms. The maximum atomic E-state index is 14.2. The molecule has 0 radical (unpaired) electrons. The summed E-state index contributed by atoms with van der Waals surface area (Å²) in [6.07, 6.45) is 4.88. The van der Waals surface area contributed by atoms with Crippen molar-refractivity contribution in [2.75, 3.05) is 31.1 Å². The van der Waals surface area contributed by atoms with E-state index in [2.05, 4.69) is 46.6 Å². The summed E-state index contributed by atoms with van der Waals surface area (Å²) in [4.78, 5) is 19.0. The van der Waals surface area contributed by atoms with Gasteiger partial charge in [-0.15, -0.1) is 13.2 Å². The highest BCUT2D eigenvalue weighted by atomic mass is 19.4. The maximum Gasteiger partial charge on any atom is 0.573 e. The lowest BCUT2D eigenvalue weighted by Gasteiger charge is -2.30. The first-order valence-corrected chi connectivity index (χ1v) is 15.7. The summed E-state index contributed by atoms with van der Waals surface area (Å²) >= 11 is 0. The predicted octanol–water partition coefficient (Wildman–Crippen LogP) is 9.05. The monoisotopic (exact) mass is 580 g/mol. The van der Waals surface area contributed by atoms with Gasteiger partial charge in [0.15, 0.2) is 5.78 Å². The molecule has 3 aromatic rings. The first kappa shape index (κ1) is 30.4. The molecule has 42 heavy (non-hydrogen) atoms. The third-order valence-electron chi connectivity index (χ3n) is 9.12. The largest absolute Gasteiger partial charge is 0.573 e. The highest BCUT2D eigenvalue weighted by molar-refractivity contribution is 6.22. The van der Waals surface area contributed by atoms with Crippen LogP contribution in [0.1, 0.15) is 93.1 Å². The highest BCUT2D eigenvalue weighted by Gasteiger charge is 2.46. The third kappa shape index (κ3) is 6.46. The standard InChI is InChI=1S/C35H43F3N2O2/c1-3-5-7-19-34(20-8-6-4-2)30-17-18-31(28-11-9-12-29(32(28)30)33(34)41)40-22-10-21-39(23-24-40)25-26-13-15-27(16-14-26)42-35(36,37)38/h9,11-18H,3-8,10,19-25H2,1-2H3. The summed E-state index contributed by atoms with van der Waals surface area (Å²) < 4.78 is 41.6. The summed E-state index contributed by atoms with van der Waals surface area (Å²) in [6.45, 7) is 8.63. The van der Waals surface area contributed by atoms with Crippen LogP contribution in [0.25, 0.3) is 10.8 Å². The van der Waals surface area contributed by atoms with Crippen molar-refractivity contribution in [1.82, 2.24) is 4.90 Å². The molecule has 0 aromatic heterocycles. The van der Waals surface area contributed by atoms with Crippen LogP contribution in [-0.2, 0) is 12.0 Å². The van der Waals surface area contributed by atoms with E-state index in [0.717, 1.165) is 100 Å². The number of carbonyl (C=O) groups is 1. The zero-order valence-electron chi connectivity index (χ0n) is 24.9.